The molecule has 1 N–H and O–H groups in total. The minimum atomic E-state index is -0.594. The fraction of sp³-hybridized carbons (Fsp3) is 0.588. The smallest absolute Gasteiger partial charge is 0.257 e. The number of aromatic nitrogens is 1. The van der Waals surface area contributed by atoms with Crippen LogP contribution in [-0.2, 0) is 4.79 Å². The summed E-state index contributed by atoms with van der Waals surface area (Å²) < 4.78 is 13.8. The molecule has 0 radical (unpaired) electrons. The number of halogens is 1. The number of carbonyl (C=O) groups excluding carboxylic acids is 2. The van der Waals surface area contributed by atoms with Crippen LogP contribution in [0.3, 0.4) is 0 Å². The van der Waals surface area contributed by atoms with Crippen molar-refractivity contribution in [3.05, 3.63) is 29.8 Å². The Bertz CT molecular complexity index is 651. The van der Waals surface area contributed by atoms with Crippen molar-refractivity contribution in [2.75, 3.05) is 20.1 Å². The van der Waals surface area contributed by atoms with Crippen LogP contribution in [0.25, 0.3) is 0 Å². The standard InChI is InChI=1S/C17H23FN4O2/c1-10(2)22-14(16(23)19-3)6-11-8-21(9-15(11)22)17(24)12-4-5-20-7-13(12)18/h4-5,7,10-11,14-15H,6,8-9H2,1-3H3,(H,19,23)/t11-,14-,15+/m1/s1. The van der Waals surface area contributed by atoms with Crippen LogP contribution in [-0.4, -0.2) is 64.9 Å². The SMILES string of the molecule is CNC(=O)[C@H]1C[C@@H]2CN(C(=O)c3ccncc3F)C[C@@H]2N1C(C)C. The maximum absolute atomic E-state index is 13.8. The van der Waals surface area contributed by atoms with Gasteiger partial charge in [0, 0.05) is 38.4 Å². The Morgan fingerprint density at radius 3 is 2.75 bits per heavy atom. The Hall–Kier alpha value is -2.02. The minimum absolute atomic E-state index is 0.0242. The van der Waals surface area contributed by atoms with Gasteiger partial charge in [-0.25, -0.2) is 4.39 Å². The van der Waals surface area contributed by atoms with Crippen LogP contribution in [0.1, 0.15) is 30.6 Å². The molecule has 2 amide bonds. The largest absolute Gasteiger partial charge is 0.358 e. The molecular weight excluding hydrogens is 311 g/mol. The van der Waals surface area contributed by atoms with E-state index in [0.717, 1.165) is 12.6 Å². The lowest BCUT2D eigenvalue weighted by Crippen LogP contribution is -2.50. The van der Waals surface area contributed by atoms with Crippen molar-refractivity contribution < 1.29 is 14.0 Å². The van der Waals surface area contributed by atoms with E-state index in [4.69, 9.17) is 0 Å². The van der Waals surface area contributed by atoms with Crippen LogP contribution >= 0.6 is 0 Å². The maximum atomic E-state index is 13.8. The van der Waals surface area contributed by atoms with Gasteiger partial charge < -0.3 is 10.2 Å². The highest BCUT2D eigenvalue weighted by Gasteiger charge is 2.50. The Kier molecular flexibility index (Phi) is 4.54. The molecule has 3 heterocycles. The summed E-state index contributed by atoms with van der Waals surface area (Å²) in [5.74, 6) is -0.632. The Morgan fingerprint density at radius 2 is 2.12 bits per heavy atom. The molecular formula is C17H23FN4O2. The monoisotopic (exact) mass is 334 g/mol. The number of likely N-dealkylation sites (tertiary alicyclic amines) is 2. The number of carbonyl (C=O) groups is 2. The molecule has 1 aromatic rings. The zero-order valence-electron chi connectivity index (χ0n) is 14.2. The zero-order chi connectivity index (χ0) is 17.4. The van der Waals surface area contributed by atoms with Crippen LogP contribution in [0.4, 0.5) is 4.39 Å². The molecule has 7 heteroatoms. The third kappa shape index (κ3) is 2.77. The number of hydrogen-bond acceptors (Lipinski definition) is 4. The molecule has 130 valence electrons. The van der Waals surface area contributed by atoms with Gasteiger partial charge >= 0.3 is 0 Å². The summed E-state index contributed by atoms with van der Waals surface area (Å²) in [6.45, 7) is 5.20. The Balaban J connectivity index is 1.78. The van der Waals surface area contributed by atoms with Crippen molar-refractivity contribution in [3.63, 3.8) is 0 Å². The van der Waals surface area contributed by atoms with E-state index >= 15 is 0 Å². The first-order valence-corrected chi connectivity index (χ1v) is 8.31. The summed E-state index contributed by atoms with van der Waals surface area (Å²) in [7, 11) is 1.65. The molecule has 24 heavy (non-hydrogen) atoms. The molecule has 0 spiro atoms. The molecule has 0 aromatic carbocycles. The molecule has 0 saturated carbocycles. The lowest BCUT2D eigenvalue weighted by atomic mass is 10.0. The van der Waals surface area contributed by atoms with Crippen LogP contribution in [0.15, 0.2) is 18.5 Å². The van der Waals surface area contributed by atoms with Crippen molar-refractivity contribution >= 4 is 11.8 Å². The van der Waals surface area contributed by atoms with Crippen molar-refractivity contribution in [2.24, 2.45) is 5.92 Å². The fourth-order valence-electron chi connectivity index (χ4n) is 4.10. The van der Waals surface area contributed by atoms with E-state index in [1.165, 1.54) is 12.3 Å². The molecule has 0 bridgehead atoms. The van der Waals surface area contributed by atoms with Crippen molar-refractivity contribution in [1.82, 2.24) is 20.1 Å². The van der Waals surface area contributed by atoms with Gasteiger partial charge in [-0.2, -0.15) is 0 Å². The Labute approximate surface area is 141 Å². The number of pyridine rings is 1. The number of nitrogens with one attached hydrogen (secondary N) is 1. The highest BCUT2D eigenvalue weighted by atomic mass is 19.1. The van der Waals surface area contributed by atoms with Crippen molar-refractivity contribution in [3.8, 4) is 0 Å². The molecule has 3 atom stereocenters. The molecule has 0 aliphatic carbocycles. The molecule has 2 aliphatic heterocycles. The number of nitrogens with zero attached hydrogens (tertiary/aromatic N) is 3. The summed E-state index contributed by atoms with van der Waals surface area (Å²) in [5, 5.41) is 2.73. The van der Waals surface area contributed by atoms with Crippen molar-refractivity contribution in [1.29, 1.82) is 0 Å². The quantitative estimate of drug-likeness (QED) is 0.892. The second-order valence-electron chi connectivity index (χ2n) is 6.80. The van der Waals surface area contributed by atoms with Crippen molar-refractivity contribution in [2.45, 2.75) is 38.4 Å². The van der Waals surface area contributed by atoms with Gasteiger partial charge in [-0.1, -0.05) is 0 Å². The number of fused-ring (bicyclic) bond motifs is 1. The maximum Gasteiger partial charge on any atom is 0.257 e. The summed E-state index contributed by atoms with van der Waals surface area (Å²) in [5.41, 5.74) is 0.0592. The summed E-state index contributed by atoms with van der Waals surface area (Å²) in [6, 6.07) is 1.61. The average Bonchev–Trinajstić information content (AvgIpc) is 3.11. The highest BCUT2D eigenvalue weighted by Crippen LogP contribution is 2.37. The van der Waals surface area contributed by atoms with E-state index in [0.29, 0.717) is 13.1 Å². The highest BCUT2D eigenvalue weighted by molar-refractivity contribution is 5.94. The molecule has 2 saturated heterocycles. The number of hydrogen-bond donors (Lipinski definition) is 1. The lowest BCUT2D eigenvalue weighted by Gasteiger charge is -2.33. The third-order valence-corrected chi connectivity index (χ3v) is 5.11. The fourth-order valence-corrected chi connectivity index (χ4v) is 4.10. The topological polar surface area (TPSA) is 65.5 Å². The van der Waals surface area contributed by atoms with E-state index in [1.807, 2.05) is 0 Å². The second kappa shape index (κ2) is 6.47. The second-order valence-corrected chi connectivity index (χ2v) is 6.80. The molecule has 0 unspecified atom stereocenters. The summed E-state index contributed by atoms with van der Waals surface area (Å²) >= 11 is 0. The van der Waals surface area contributed by atoms with Gasteiger partial charge in [-0.15, -0.1) is 0 Å². The van der Waals surface area contributed by atoms with Gasteiger partial charge in [0.15, 0.2) is 5.82 Å². The van der Waals surface area contributed by atoms with Gasteiger partial charge in [0.25, 0.3) is 5.91 Å². The molecule has 1 aromatic heterocycles. The number of likely N-dealkylation sites (N-methyl/N-ethyl adjacent to an activating group) is 1. The van der Waals surface area contributed by atoms with Gasteiger partial charge in [0.2, 0.25) is 5.91 Å². The number of amides is 2. The summed E-state index contributed by atoms with van der Waals surface area (Å²) in [4.78, 5) is 32.3. The van der Waals surface area contributed by atoms with E-state index in [1.54, 1.807) is 11.9 Å². The predicted molar refractivity (Wildman–Crippen MR) is 86.8 cm³/mol. The first-order chi connectivity index (χ1) is 11.4. The molecule has 3 rings (SSSR count). The molecule has 2 aliphatic rings. The van der Waals surface area contributed by atoms with Crippen LogP contribution < -0.4 is 5.32 Å². The van der Waals surface area contributed by atoms with E-state index in [-0.39, 0.29) is 41.4 Å². The summed E-state index contributed by atoms with van der Waals surface area (Å²) in [6.07, 6.45) is 3.21. The predicted octanol–water partition coefficient (Wildman–Crippen LogP) is 0.890. The van der Waals surface area contributed by atoms with Crippen LogP contribution in [0.2, 0.25) is 0 Å². The van der Waals surface area contributed by atoms with Gasteiger partial charge in [-0.05, 0) is 32.3 Å². The third-order valence-electron chi connectivity index (χ3n) is 5.11. The van der Waals surface area contributed by atoms with Gasteiger partial charge in [0.1, 0.15) is 0 Å². The van der Waals surface area contributed by atoms with Crippen LogP contribution in [0.5, 0.6) is 0 Å². The van der Waals surface area contributed by atoms with E-state index in [9.17, 15) is 14.0 Å². The average molecular weight is 334 g/mol. The normalized spacial score (nSPS) is 26.7. The minimum Gasteiger partial charge on any atom is -0.358 e. The molecule has 6 nitrogen and oxygen atoms in total. The zero-order valence-corrected chi connectivity index (χ0v) is 14.2. The van der Waals surface area contributed by atoms with Crippen LogP contribution in [0, 0.1) is 11.7 Å². The first kappa shape index (κ1) is 16.8. The Morgan fingerprint density at radius 1 is 1.38 bits per heavy atom. The molecule has 2 fully saturated rings. The van der Waals surface area contributed by atoms with Gasteiger partial charge in [0.05, 0.1) is 17.8 Å². The van der Waals surface area contributed by atoms with E-state index < -0.39 is 5.82 Å². The van der Waals surface area contributed by atoms with Gasteiger partial charge in [-0.3, -0.25) is 19.5 Å². The number of rotatable bonds is 3. The van der Waals surface area contributed by atoms with E-state index in [2.05, 4.69) is 29.0 Å². The lowest BCUT2D eigenvalue weighted by molar-refractivity contribution is -0.126. The first-order valence-electron chi connectivity index (χ1n) is 8.31.